The molecule has 1 aromatic heterocycles. The summed E-state index contributed by atoms with van der Waals surface area (Å²) in [6.45, 7) is 6.14. The standard InChI is InChI=1S/C15H19N3O2/c1-15(2,3)12(16)14-17-13(18-20-14)11-8-9-6-4-5-7-10(9)19-11/h4-7,11-12H,8,16H2,1-3H3/t11?,12-/m0/s1. The van der Waals surface area contributed by atoms with Crippen molar-refractivity contribution in [1.29, 1.82) is 0 Å². The number of para-hydroxylation sites is 1. The molecule has 0 bridgehead atoms. The fourth-order valence-electron chi connectivity index (χ4n) is 2.20. The number of ether oxygens (including phenoxy) is 1. The molecule has 2 atom stereocenters. The van der Waals surface area contributed by atoms with Gasteiger partial charge in [-0.1, -0.05) is 44.1 Å². The predicted octanol–water partition coefficient (Wildman–Crippen LogP) is 2.79. The van der Waals surface area contributed by atoms with Crippen LogP contribution in [-0.2, 0) is 6.42 Å². The number of fused-ring (bicyclic) bond motifs is 1. The average Bonchev–Trinajstić information content (AvgIpc) is 3.03. The fourth-order valence-corrected chi connectivity index (χ4v) is 2.20. The van der Waals surface area contributed by atoms with Gasteiger partial charge in [-0.3, -0.25) is 0 Å². The molecular formula is C15H19N3O2. The Kier molecular flexibility index (Phi) is 3.01. The molecule has 0 saturated carbocycles. The summed E-state index contributed by atoms with van der Waals surface area (Å²) in [6, 6.07) is 7.68. The van der Waals surface area contributed by atoms with E-state index in [-0.39, 0.29) is 17.6 Å². The van der Waals surface area contributed by atoms with Gasteiger partial charge in [0.1, 0.15) is 5.75 Å². The third-order valence-corrected chi connectivity index (χ3v) is 3.59. The van der Waals surface area contributed by atoms with Crippen LogP contribution in [0.15, 0.2) is 28.8 Å². The molecule has 1 unspecified atom stereocenters. The van der Waals surface area contributed by atoms with Gasteiger partial charge in [0.2, 0.25) is 11.7 Å². The number of rotatable bonds is 2. The van der Waals surface area contributed by atoms with Gasteiger partial charge in [-0.25, -0.2) is 0 Å². The average molecular weight is 273 g/mol. The summed E-state index contributed by atoms with van der Waals surface area (Å²) in [6.07, 6.45) is 0.581. The van der Waals surface area contributed by atoms with E-state index in [1.54, 1.807) is 0 Å². The van der Waals surface area contributed by atoms with Crippen molar-refractivity contribution in [3.8, 4) is 5.75 Å². The van der Waals surface area contributed by atoms with Crippen LogP contribution in [0.2, 0.25) is 0 Å². The Balaban J connectivity index is 1.80. The van der Waals surface area contributed by atoms with E-state index in [4.69, 9.17) is 15.0 Å². The summed E-state index contributed by atoms with van der Waals surface area (Å²) in [4.78, 5) is 4.41. The molecule has 5 heteroatoms. The van der Waals surface area contributed by atoms with Crippen molar-refractivity contribution in [2.75, 3.05) is 0 Å². The Bertz CT molecular complexity index is 591. The highest BCUT2D eigenvalue weighted by Gasteiger charge is 2.32. The van der Waals surface area contributed by atoms with Crippen LogP contribution in [0.1, 0.15) is 50.2 Å². The molecule has 2 N–H and O–H groups in total. The lowest BCUT2D eigenvalue weighted by Crippen LogP contribution is -2.26. The van der Waals surface area contributed by atoms with E-state index in [1.807, 2.05) is 39.0 Å². The van der Waals surface area contributed by atoms with Gasteiger partial charge in [-0.2, -0.15) is 4.98 Å². The molecule has 0 spiro atoms. The molecule has 3 rings (SSSR count). The Hall–Kier alpha value is -1.88. The predicted molar refractivity (Wildman–Crippen MR) is 74.2 cm³/mol. The molecule has 2 heterocycles. The van der Waals surface area contributed by atoms with Crippen molar-refractivity contribution in [2.45, 2.75) is 39.3 Å². The lowest BCUT2D eigenvalue weighted by atomic mass is 9.87. The first kappa shape index (κ1) is 13.1. The first-order chi connectivity index (χ1) is 9.45. The molecule has 2 aromatic rings. The Morgan fingerprint density at radius 2 is 2.05 bits per heavy atom. The van der Waals surface area contributed by atoms with Gasteiger partial charge >= 0.3 is 0 Å². The van der Waals surface area contributed by atoms with E-state index in [0.29, 0.717) is 11.7 Å². The van der Waals surface area contributed by atoms with Crippen LogP contribution in [0.5, 0.6) is 5.75 Å². The molecule has 0 radical (unpaired) electrons. The van der Waals surface area contributed by atoms with E-state index < -0.39 is 0 Å². The third kappa shape index (κ3) is 2.29. The zero-order valence-electron chi connectivity index (χ0n) is 12.0. The van der Waals surface area contributed by atoms with Crippen LogP contribution < -0.4 is 10.5 Å². The van der Waals surface area contributed by atoms with Crippen molar-refractivity contribution in [2.24, 2.45) is 11.1 Å². The summed E-state index contributed by atoms with van der Waals surface area (Å²) in [5, 5.41) is 4.02. The van der Waals surface area contributed by atoms with Crippen LogP contribution in [0, 0.1) is 5.41 Å². The Morgan fingerprint density at radius 3 is 2.75 bits per heavy atom. The summed E-state index contributed by atoms with van der Waals surface area (Å²) in [7, 11) is 0. The second kappa shape index (κ2) is 4.59. The SMILES string of the molecule is CC(C)(C)[C@@H](N)c1nc(C2Cc3ccccc3O2)no1. The minimum Gasteiger partial charge on any atom is -0.482 e. The highest BCUT2D eigenvalue weighted by molar-refractivity contribution is 5.37. The number of benzene rings is 1. The number of hydrogen-bond donors (Lipinski definition) is 1. The normalized spacial score (nSPS) is 19.5. The highest BCUT2D eigenvalue weighted by atomic mass is 16.5. The molecule has 0 fully saturated rings. The first-order valence-electron chi connectivity index (χ1n) is 6.79. The number of hydrogen-bond acceptors (Lipinski definition) is 5. The molecule has 5 nitrogen and oxygen atoms in total. The van der Waals surface area contributed by atoms with E-state index >= 15 is 0 Å². The maximum absolute atomic E-state index is 6.13. The second-order valence-corrected chi connectivity index (χ2v) is 6.25. The molecule has 0 aliphatic carbocycles. The van der Waals surface area contributed by atoms with Gasteiger partial charge < -0.3 is 15.0 Å². The number of nitrogens with two attached hydrogens (primary N) is 1. The van der Waals surface area contributed by atoms with E-state index in [2.05, 4.69) is 16.2 Å². The Labute approximate surface area is 118 Å². The molecule has 1 aromatic carbocycles. The van der Waals surface area contributed by atoms with Gasteiger partial charge in [0, 0.05) is 6.42 Å². The van der Waals surface area contributed by atoms with Gasteiger partial charge in [-0.15, -0.1) is 0 Å². The van der Waals surface area contributed by atoms with Gasteiger partial charge in [-0.05, 0) is 17.0 Å². The smallest absolute Gasteiger partial charge is 0.244 e. The van der Waals surface area contributed by atoms with Crippen LogP contribution in [0.25, 0.3) is 0 Å². The van der Waals surface area contributed by atoms with Crippen molar-refractivity contribution in [3.05, 3.63) is 41.5 Å². The molecule has 106 valence electrons. The highest BCUT2D eigenvalue weighted by Crippen LogP contribution is 2.36. The van der Waals surface area contributed by atoms with Crippen molar-refractivity contribution >= 4 is 0 Å². The summed E-state index contributed by atoms with van der Waals surface area (Å²) < 4.78 is 11.1. The van der Waals surface area contributed by atoms with Crippen molar-refractivity contribution < 1.29 is 9.26 Å². The molecule has 0 saturated heterocycles. The monoisotopic (exact) mass is 273 g/mol. The fraction of sp³-hybridized carbons (Fsp3) is 0.467. The quantitative estimate of drug-likeness (QED) is 0.910. The summed E-state index contributed by atoms with van der Waals surface area (Å²) >= 11 is 0. The minimum absolute atomic E-state index is 0.122. The topological polar surface area (TPSA) is 74.2 Å². The zero-order valence-corrected chi connectivity index (χ0v) is 12.0. The lowest BCUT2D eigenvalue weighted by Gasteiger charge is -2.23. The van der Waals surface area contributed by atoms with Crippen LogP contribution in [0.4, 0.5) is 0 Å². The molecular weight excluding hydrogens is 254 g/mol. The largest absolute Gasteiger partial charge is 0.482 e. The third-order valence-electron chi connectivity index (χ3n) is 3.59. The number of aromatic nitrogens is 2. The van der Waals surface area contributed by atoms with E-state index in [9.17, 15) is 0 Å². The van der Waals surface area contributed by atoms with Crippen LogP contribution in [-0.4, -0.2) is 10.1 Å². The lowest BCUT2D eigenvalue weighted by molar-refractivity contribution is 0.218. The van der Waals surface area contributed by atoms with Gasteiger partial charge in [0.25, 0.3) is 0 Å². The zero-order chi connectivity index (χ0) is 14.3. The Morgan fingerprint density at radius 1 is 1.30 bits per heavy atom. The van der Waals surface area contributed by atoms with Crippen molar-refractivity contribution in [1.82, 2.24) is 10.1 Å². The van der Waals surface area contributed by atoms with Gasteiger partial charge in [0.05, 0.1) is 6.04 Å². The summed E-state index contributed by atoms with van der Waals surface area (Å²) in [5.41, 5.74) is 7.18. The van der Waals surface area contributed by atoms with E-state index in [0.717, 1.165) is 12.2 Å². The molecule has 20 heavy (non-hydrogen) atoms. The first-order valence-corrected chi connectivity index (χ1v) is 6.79. The minimum atomic E-state index is -0.285. The molecule has 0 amide bonds. The molecule has 1 aliphatic rings. The number of nitrogens with zero attached hydrogens (tertiary/aromatic N) is 2. The maximum Gasteiger partial charge on any atom is 0.244 e. The van der Waals surface area contributed by atoms with Crippen LogP contribution >= 0.6 is 0 Å². The second-order valence-electron chi connectivity index (χ2n) is 6.25. The van der Waals surface area contributed by atoms with Crippen LogP contribution in [0.3, 0.4) is 0 Å². The van der Waals surface area contributed by atoms with Gasteiger partial charge in [0.15, 0.2) is 6.10 Å². The molecule has 1 aliphatic heterocycles. The summed E-state index contributed by atoms with van der Waals surface area (Å²) in [5.74, 6) is 1.92. The maximum atomic E-state index is 6.13. The van der Waals surface area contributed by atoms with Crippen molar-refractivity contribution in [3.63, 3.8) is 0 Å². The van der Waals surface area contributed by atoms with E-state index in [1.165, 1.54) is 5.56 Å².